The summed E-state index contributed by atoms with van der Waals surface area (Å²) in [4.78, 5) is 25.8. The fourth-order valence-corrected chi connectivity index (χ4v) is 2.23. The van der Waals surface area contributed by atoms with Crippen molar-refractivity contribution in [1.29, 1.82) is 0 Å². The molecule has 5 nitrogen and oxygen atoms in total. The van der Waals surface area contributed by atoms with Crippen molar-refractivity contribution in [2.75, 3.05) is 18.5 Å². The quantitative estimate of drug-likeness (QED) is 0.911. The first-order valence-corrected chi connectivity index (χ1v) is 6.80. The number of carbonyl (C=O) groups is 2. The summed E-state index contributed by atoms with van der Waals surface area (Å²) in [6, 6.07) is 7.31. The van der Waals surface area contributed by atoms with E-state index in [1.165, 1.54) is 0 Å². The minimum Gasteiger partial charge on any atom is -0.477 e. The molecule has 1 aliphatic rings. The van der Waals surface area contributed by atoms with Crippen LogP contribution in [0.4, 0.5) is 5.69 Å². The van der Waals surface area contributed by atoms with Crippen LogP contribution < -0.4 is 15.0 Å². The molecule has 1 heterocycles. The van der Waals surface area contributed by atoms with Gasteiger partial charge in [-0.25, -0.2) is 0 Å². The maximum atomic E-state index is 12.4. The minimum absolute atomic E-state index is 0.0182. The van der Waals surface area contributed by atoms with Crippen molar-refractivity contribution in [3.8, 4) is 5.75 Å². The fraction of sp³-hybridized carbons (Fsp3) is 0.467. The van der Waals surface area contributed by atoms with Crippen molar-refractivity contribution in [2.24, 2.45) is 5.92 Å². The van der Waals surface area contributed by atoms with Crippen molar-refractivity contribution in [3.63, 3.8) is 0 Å². The molecule has 1 aliphatic heterocycles. The third-order valence-corrected chi connectivity index (χ3v) is 3.20. The van der Waals surface area contributed by atoms with Gasteiger partial charge in [0.05, 0.1) is 12.2 Å². The number of carbonyl (C=O) groups excluding carboxylic acids is 2. The Kier molecular flexibility index (Phi) is 4.27. The Morgan fingerprint density at radius 3 is 2.75 bits per heavy atom. The van der Waals surface area contributed by atoms with Gasteiger partial charge < -0.3 is 15.0 Å². The SMILES string of the molecule is CNC(=O)C1CN(C(=O)CC(C)C)c2ccccc2O1. The largest absolute Gasteiger partial charge is 0.477 e. The highest BCUT2D eigenvalue weighted by atomic mass is 16.5. The summed E-state index contributed by atoms with van der Waals surface area (Å²) in [5.41, 5.74) is 0.735. The highest BCUT2D eigenvalue weighted by molar-refractivity contribution is 5.97. The number of benzene rings is 1. The highest BCUT2D eigenvalue weighted by Crippen LogP contribution is 2.33. The van der Waals surface area contributed by atoms with E-state index >= 15 is 0 Å². The first-order chi connectivity index (χ1) is 9.52. The normalized spacial score (nSPS) is 17.4. The number of amides is 2. The molecule has 0 bridgehead atoms. The molecule has 1 aromatic rings. The summed E-state index contributed by atoms with van der Waals surface area (Å²) >= 11 is 0. The van der Waals surface area contributed by atoms with Crippen LogP contribution in [0.5, 0.6) is 5.75 Å². The van der Waals surface area contributed by atoms with Crippen LogP contribution in [0.3, 0.4) is 0 Å². The lowest BCUT2D eigenvalue weighted by atomic mass is 10.1. The Hall–Kier alpha value is -2.04. The molecule has 1 aromatic carbocycles. The number of hydrogen-bond acceptors (Lipinski definition) is 3. The van der Waals surface area contributed by atoms with Crippen LogP contribution in [-0.4, -0.2) is 31.5 Å². The third kappa shape index (κ3) is 2.92. The van der Waals surface area contributed by atoms with Crippen LogP contribution in [0.15, 0.2) is 24.3 Å². The van der Waals surface area contributed by atoms with Gasteiger partial charge in [0.15, 0.2) is 6.10 Å². The van der Waals surface area contributed by atoms with Crippen molar-refractivity contribution in [2.45, 2.75) is 26.4 Å². The van der Waals surface area contributed by atoms with Crippen LogP contribution in [0, 0.1) is 5.92 Å². The Balaban J connectivity index is 2.29. The van der Waals surface area contributed by atoms with Crippen LogP contribution in [-0.2, 0) is 9.59 Å². The maximum absolute atomic E-state index is 12.4. The molecule has 0 saturated carbocycles. The summed E-state index contributed by atoms with van der Waals surface area (Å²) < 4.78 is 5.66. The number of fused-ring (bicyclic) bond motifs is 1. The summed E-state index contributed by atoms with van der Waals surface area (Å²) in [6.45, 7) is 4.25. The van der Waals surface area contributed by atoms with Crippen LogP contribution in [0.2, 0.25) is 0 Å². The molecule has 1 unspecified atom stereocenters. The zero-order valence-corrected chi connectivity index (χ0v) is 12.1. The molecular weight excluding hydrogens is 256 g/mol. The molecule has 0 aliphatic carbocycles. The number of nitrogens with one attached hydrogen (secondary N) is 1. The number of para-hydroxylation sites is 2. The summed E-state index contributed by atoms with van der Waals surface area (Å²) in [7, 11) is 1.56. The second kappa shape index (κ2) is 5.94. The predicted molar refractivity (Wildman–Crippen MR) is 76.7 cm³/mol. The van der Waals surface area contributed by atoms with E-state index in [1.807, 2.05) is 32.0 Å². The summed E-state index contributed by atoms with van der Waals surface area (Å²) in [5.74, 6) is 0.645. The molecule has 2 rings (SSSR count). The lowest BCUT2D eigenvalue weighted by Crippen LogP contribution is -2.50. The van der Waals surface area contributed by atoms with Crippen LogP contribution >= 0.6 is 0 Å². The molecule has 0 aromatic heterocycles. The second-order valence-electron chi connectivity index (χ2n) is 5.29. The van der Waals surface area contributed by atoms with Gasteiger partial charge in [-0.05, 0) is 18.1 Å². The summed E-state index contributed by atoms with van der Waals surface area (Å²) in [5, 5.41) is 2.56. The standard InChI is InChI=1S/C15H20N2O3/c1-10(2)8-14(18)17-9-13(15(19)16-3)20-12-7-5-4-6-11(12)17/h4-7,10,13H,8-9H2,1-3H3,(H,16,19). The fourth-order valence-electron chi connectivity index (χ4n) is 2.23. The van der Waals surface area contributed by atoms with Crippen molar-refractivity contribution in [1.82, 2.24) is 5.32 Å². The second-order valence-corrected chi connectivity index (χ2v) is 5.29. The van der Waals surface area contributed by atoms with Gasteiger partial charge >= 0.3 is 0 Å². The van der Waals surface area contributed by atoms with Gasteiger partial charge in [-0.15, -0.1) is 0 Å². The van der Waals surface area contributed by atoms with Crippen molar-refractivity contribution >= 4 is 17.5 Å². The number of likely N-dealkylation sites (N-methyl/N-ethyl adjacent to an activating group) is 1. The number of nitrogens with zero attached hydrogens (tertiary/aromatic N) is 1. The molecule has 108 valence electrons. The molecule has 0 spiro atoms. The first kappa shape index (κ1) is 14.4. The van der Waals surface area contributed by atoms with E-state index in [1.54, 1.807) is 18.0 Å². The maximum Gasteiger partial charge on any atom is 0.262 e. The highest BCUT2D eigenvalue weighted by Gasteiger charge is 2.33. The van der Waals surface area contributed by atoms with E-state index < -0.39 is 6.10 Å². The lowest BCUT2D eigenvalue weighted by Gasteiger charge is -2.34. The zero-order chi connectivity index (χ0) is 14.7. The summed E-state index contributed by atoms with van der Waals surface area (Å²) in [6.07, 6.45) is -0.208. The monoisotopic (exact) mass is 276 g/mol. The van der Waals surface area contributed by atoms with Gasteiger partial charge in [0.2, 0.25) is 5.91 Å². The van der Waals surface area contributed by atoms with Gasteiger partial charge in [0, 0.05) is 13.5 Å². The van der Waals surface area contributed by atoms with Crippen molar-refractivity contribution < 1.29 is 14.3 Å². The average Bonchev–Trinajstić information content (AvgIpc) is 2.44. The number of anilines is 1. The molecule has 5 heteroatoms. The van der Waals surface area contributed by atoms with Crippen LogP contribution in [0.25, 0.3) is 0 Å². The number of hydrogen-bond donors (Lipinski definition) is 1. The zero-order valence-electron chi connectivity index (χ0n) is 12.1. The Morgan fingerprint density at radius 2 is 2.10 bits per heavy atom. The van der Waals surface area contributed by atoms with E-state index in [2.05, 4.69) is 5.32 Å². The molecule has 1 N–H and O–H groups in total. The lowest BCUT2D eigenvalue weighted by molar-refractivity contribution is -0.128. The van der Waals surface area contributed by atoms with Gasteiger partial charge in [-0.1, -0.05) is 26.0 Å². The molecule has 20 heavy (non-hydrogen) atoms. The van der Waals surface area contributed by atoms with Gasteiger partial charge in [0.25, 0.3) is 5.91 Å². The molecule has 0 saturated heterocycles. The molecule has 2 amide bonds. The Bertz CT molecular complexity index is 514. The van der Waals surface area contributed by atoms with E-state index in [0.717, 1.165) is 5.69 Å². The predicted octanol–water partition coefficient (Wildman–Crippen LogP) is 1.57. The van der Waals surface area contributed by atoms with E-state index in [4.69, 9.17) is 4.74 Å². The average molecular weight is 276 g/mol. The number of rotatable bonds is 3. The smallest absolute Gasteiger partial charge is 0.262 e. The third-order valence-electron chi connectivity index (χ3n) is 3.20. The first-order valence-electron chi connectivity index (χ1n) is 6.80. The Labute approximate surface area is 118 Å². The van der Waals surface area contributed by atoms with Crippen LogP contribution in [0.1, 0.15) is 20.3 Å². The van der Waals surface area contributed by atoms with Gasteiger partial charge in [0.1, 0.15) is 5.75 Å². The topological polar surface area (TPSA) is 58.6 Å². The van der Waals surface area contributed by atoms with Gasteiger partial charge in [-0.2, -0.15) is 0 Å². The van der Waals surface area contributed by atoms with Crippen molar-refractivity contribution in [3.05, 3.63) is 24.3 Å². The molecule has 1 atom stereocenters. The molecule has 0 radical (unpaired) electrons. The molecular formula is C15H20N2O3. The van der Waals surface area contributed by atoms with E-state index in [-0.39, 0.29) is 24.3 Å². The van der Waals surface area contributed by atoms with E-state index in [9.17, 15) is 9.59 Å². The van der Waals surface area contributed by atoms with E-state index in [0.29, 0.717) is 12.2 Å². The Morgan fingerprint density at radius 1 is 1.40 bits per heavy atom. The number of ether oxygens (including phenoxy) is 1. The van der Waals surface area contributed by atoms with Gasteiger partial charge in [-0.3, -0.25) is 9.59 Å². The minimum atomic E-state index is -0.661. The molecule has 0 fully saturated rings.